The summed E-state index contributed by atoms with van der Waals surface area (Å²) in [6.45, 7) is 6.43. The topological polar surface area (TPSA) is 74.2 Å². The van der Waals surface area contributed by atoms with Crippen LogP contribution in [0.15, 0.2) is 0 Å². The van der Waals surface area contributed by atoms with E-state index in [1.54, 1.807) is 7.11 Å². The van der Waals surface area contributed by atoms with Crippen LogP contribution in [0, 0.1) is 0 Å². The summed E-state index contributed by atoms with van der Waals surface area (Å²) in [7, 11) is -0.344. The molecule has 2 atom stereocenters. The van der Waals surface area contributed by atoms with E-state index < -0.39 is 7.82 Å². The molecule has 7 nitrogen and oxygen atoms in total. The third-order valence-corrected chi connectivity index (χ3v) is 8.22. The molecule has 0 amide bonds. The van der Waals surface area contributed by atoms with Gasteiger partial charge in [0, 0.05) is 26.6 Å². The molecular formula is C27H57NO6P+. The lowest BCUT2D eigenvalue weighted by atomic mass is 10.0. The van der Waals surface area contributed by atoms with Crippen molar-refractivity contribution in [2.75, 3.05) is 60.2 Å². The molecule has 0 radical (unpaired) electrons. The van der Waals surface area contributed by atoms with Gasteiger partial charge >= 0.3 is 7.82 Å². The number of hydrogen-bond acceptors (Lipinski definition) is 5. The summed E-state index contributed by atoms with van der Waals surface area (Å²) < 4.78 is 34.4. The summed E-state index contributed by atoms with van der Waals surface area (Å²) in [5.74, 6) is 0. The third-order valence-electron chi connectivity index (χ3n) is 7.23. The fourth-order valence-electron chi connectivity index (χ4n) is 4.71. The molecule has 1 saturated heterocycles. The van der Waals surface area contributed by atoms with Crippen molar-refractivity contribution in [3.63, 3.8) is 0 Å². The molecule has 0 aromatic carbocycles. The molecular weight excluding hydrogens is 465 g/mol. The Labute approximate surface area is 216 Å². The number of quaternary nitrogens is 1. The van der Waals surface area contributed by atoms with E-state index >= 15 is 0 Å². The first kappa shape index (κ1) is 33.0. The number of rotatable bonds is 25. The largest absolute Gasteiger partial charge is 0.472 e. The van der Waals surface area contributed by atoms with Gasteiger partial charge in [0.1, 0.15) is 19.3 Å². The molecule has 1 unspecified atom stereocenters. The zero-order valence-corrected chi connectivity index (χ0v) is 24.1. The lowest BCUT2D eigenvalue weighted by Crippen LogP contribution is -2.43. The number of likely N-dealkylation sites (tertiary alicyclic amines) is 1. The maximum Gasteiger partial charge on any atom is 0.472 e. The van der Waals surface area contributed by atoms with Gasteiger partial charge in [-0.1, -0.05) is 90.4 Å². The van der Waals surface area contributed by atoms with Crippen LogP contribution in [0.5, 0.6) is 0 Å². The first-order chi connectivity index (χ1) is 16.9. The molecule has 210 valence electrons. The highest BCUT2D eigenvalue weighted by Crippen LogP contribution is 2.43. The first-order valence-electron chi connectivity index (χ1n) is 14.5. The first-order valence-corrected chi connectivity index (χ1v) is 16.0. The Bertz CT molecular complexity index is 530. The van der Waals surface area contributed by atoms with Crippen LogP contribution in [-0.4, -0.2) is 75.7 Å². The van der Waals surface area contributed by atoms with Gasteiger partial charge in [-0.15, -0.1) is 0 Å². The fraction of sp³-hybridized carbons (Fsp3) is 1.00. The van der Waals surface area contributed by atoms with E-state index in [4.69, 9.17) is 18.5 Å². The molecule has 0 bridgehead atoms. The average molecular weight is 523 g/mol. The Hall–Kier alpha value is -0.0100. The van der Waals surface area contributed by atoms with Gasteiger partial charge in [0.25, 0.3) is 0 Å². The van der Waals surface area contributed by atoms with Crippen molar-refractivity contribution in [2.45, 2.75) is 116 Å². The van der Waals surface area contributed by atoms with Gasteiger partial charge < -0.3 is 18.9 Å². The van der Waals surface area contributed by atoms with E-state index in [9.17, 15) is 9.46 Å². The van der Waals surface area contributed by atoms with E-state index in [2.05, 4.69) is 14.0 Å². The summed E-state index contributed by atoms with van der Waals surface area (Å²) in [6, 6.07) is 0. The quantitative estimate of drug-likeness (QED) is 0.0801. The smallest absolute Gasteiger partial charge is 0.379 e. The number of phosphoric ester groups is 1. The number of hydrogen-bond donors (Lipinski definition) is 1. The van der Waals surface area contributed by atoms with Crippen LogP contribution < -0.4 is 0 Å². The van der Waals surface area contributed by atoms with Gasteiger partial charge in [0.05, 0.1) is 33.4 Å². The third kappa shape index (κ3) is 18.8. The zero-order chi connectivity index (χ0) is 25.7. The van der Waals surface area contributed by atoms with Crippen molar-refractivity contribution in [3.05, 3.63) is 0 Å². The normalized spacial score (nSPS) is 18.1. The molecule has 1 fully saturated rings. The fourth-order valence-corrected chi connectivity index (χ4v) is 5.45. The maximum atomic E-state index is 12.1. The number of methoxy groups -OCH3 is 1. The minimum absolute atomic E-state index is 0.0187. The summed E-state index contributed by atoms with van der Waals surface area (Å²) in [5.41, 5.74) is 0. The number of unbranched alkanes of at least 4 members (excludes halogenated alkanes) is 13. The summed E-state index contributed by atoms with van der Waals surface area (Å²) >= 11 is 0. The second-order valence-corrected chi connectivity index (χ2v) is 12.1. The average Bonchev–Trinajstić information content (AvgIpc) is 3.26. The SMILES string of the molecule is CCCCCCCCCCCCCCCCOC[C@H](COP(=O)(O)OCC[N+]1(C)CCCC1)OC. The second kappa shape index (κ2) is 21.0. The van der Waals surface area contributed by atoms with Gasteiger partial charge in [0.15, 0.2) is 0 Å². The van der Waals surface area contributed by atoms with Crippen LogP contribution in [0.1, 0.15) is 110 Å². The molecule has 1 N–H and O–H groups in total. The summed E-state index contributed by atoms with van der Waals surface area (Å²) in [6.07, 6.45) is 20.7. The van der Waals surface area contributed by atoms with Crippen LogP contribution in [-0.2, 0) is 23.1 Å². The Morgan fingerprint density at radius 1 is 0.771 bits per heavy atom. The molecule has 1 aliphatic rings. The van der Waals surface area contributed by atoms with Crippen molar-refractivity contribution in [3.8, 4) is 0 Å². The molecule has 0 aromatic rings. The van der Waals surface area contributed by atoms with Gasteiger partial charge in [-0.3, -0.25) is 9.05 Å². The van der Waals surface area contributed by atoms with Crippen molar-refractivity contribution < 1.29 is 32.5 Å². The molecule has 0 saturated carbocycles. The standard InChI is InChI=1S/C27H56NO6P/c1-4-5-6-7-8-9-10-11-12-13-14-15-16-19-23-32-25-27(31-3)26-34-35(29,30)33-24-22-28(2)20-17-18-21-28/h27H,4-26H2,1-3H3/p+1/t27-/m1/s1. The highest BCUT2D eigenvalue weighted by atomic mass is 31.2. The lowest BCUT2D eigenvalue weighted by Gasteiger charge is -2.29. The lowest BCUT2D eigenvalue weighted by molar-refractivity contribution is -0.897. The van der Waals surface area contributed by atoms with Crippen LogP contribution in [0.3, 0.4) is 0 Å². The van der Waals surface area contributed by atoms with Crippen LogP contribution in [0.25, 0.3) is 0 Å². The van der Waals surface area contributed by atoms with E-state index in [0.717, 1.165) is 30.5 Å². The number of ether oxygens (including phenoxy) is 2. The number of likely N-dealkylation sites (N-methyl/N-ethyl adjacent to an activating group) is 1. The highest BCUT2D eigenvalue weighted by molar-refractivity contribution is 7.47. The second-order valence-electron chi connectivity index (χ2n) is 10.6. The predicted molar refractivity (Wildman–Crippen MR) is 144 cm³/mol. The van der Waals surface area contributed by atoms with Crippen molar-refractivity contribution in [1.29, 1.82) is 0 Å². The minimum Gasteiger partial charge on any atom is -0.379 e. The van der Waals surface area contributed by atoms with Crippen LogP contribution >= 0.6 is 7.82 Å². The molecule has 1 rings (SSSR count). The van der Waals surface area contributed by atoms with Crippen LogP contribution in [0.2, 0.25) is 0 Å². The summed E-state index contributed by atoms with van der Waals surface area (Å²) in [4.78, 5) is 9.94. The minimum atomic E-state index is -4.07. The van der Waals surface area contributed by atoms with E-state index in [-0.39, 0.29) is 19.3 Å². The predicted octanol–water partition coefficient (Wildman–Crippen LogP) is 6.87. The van der Waals surface area contributed by atoms with Gasteiger partial charge in [0.2, 0.25) is 0 Å². The van der Waals surface area contributed by atoms with E-state index in [1.165, 1.54) is 96.3 Å². The Morgan fingerprint density at radius 3 is 1.80 bits per heavy atom. The Balaban J connectivity index is 1.91. The molecule has 35 heavy (non-hydrogen) atoms. The molecule has 0 aromatic heterocycles. The van der Waals surface area contributed by atoms with Crippen LogP contribution in [0.4, 0.5) is 0 Å². The molecule has 0 aliphatic carbocycles. The summed E-state index contributed by atoms with van der Waals surface area (Å²) in [5, 5.41) is 0. The van der Waals surface area contributed by atoms with Crippen molar-refractivity contribution >= 4 is 7.82 Å². The molecule has 1 heterocycles. The molecule has 0 spiro atoms. The number of nitrogens with zero attached hydrogens (tertiary/aromatic N) is 1. The van der Waals surface area contributed by atoms with E-state index in [0.29, 0.717) is 13.2 Å². The molecule has 1 aliphatic heterocycles. The van der Waals surface area contributed by atoms with Crippen molar-refractivity contribution in [2.24, 2.45) is 0 Å². The van der Waals surface area contributed by atoms with Gasteiger partial charge in [-0.2, -0.15) is 0 Å². The van der Waals surface area contributed by atoms with Gasteiger partial charge in [-0.05, 0) is 6.42 Å². The van der Waals surface area contributed by atoms with Gasteiger partial charge in [-0.25, -0.2) is 4.57 Å². The van der Waals surface area contributed by atoms with Crippen molar-refractivity contribution in [1.82, 2.24) is 0 Å². The maximum absolute atomic E-state index is 12.1. The monoisotopic (exact) mass is 522 g/mol. The van der Waals surface area contributed by atoms with E-state index in [1.807, 2.05) is 0 Å². The highest BCUT2D eigenvalue weighted by Gasteiger charge is 2.29. The zero-order valence-electron chi connectivity index (χ0n) is 23.2. The molecule has 8 heteroatoms. The Kier molecular flexibility index (Phi) is 19.8. The number of phosphoric acid groups is 1. The Morgan fingerprint density at radius 2 is 1.29 bits per heavy atom.